The minimum atomic E-state index is 0.0344. The highest BCUT2D eigenvalue weighted by molar-refractivity contribution is 6.00. The second-order valence-corrected chi connectivity index (χ2v) is 14.0. The van der Waals surface area contributed by atoms with Crippen molar-refractivity contribution in [3.63, 3.8) is 0 Å². The summed E-state index contributed by atoms with van der Waals surface area (Å²) in [5.41, 5.74) is 7.55. The van der Waals surface area contributed by atoms with Crippen LogP contribution in [-0.4, -0.2) is 19.9 Å². The number of pyridine rings is 1. The van der Waals surface area contributed by atoms with Crippen molar-refractivity contribution in [3.05, 3.63) is 133 Å². The molecule has 0 aliphatic carbocycles. The van der Waals surface area contributed by atoms with E-state index in [-0.39, 0.29) is 10.8 Å². The number of fused-ring (bicyclic) bond motifs is 2. The fourth-order valence-corrected chi connectivity index (χ4v) is 6.60. The molecule has 0 unspecified atom stereocenters. The van der Waals surface area contributed by atoms with Gasteiger partial charge in [-0.05, 0) is 68.5 Å². The van der Waals surface area contributed by atoms with Crippen LogP contribution in [0.3, 0.4) is 0 Å². The number of hydrogen-bond acceptors (Lipinski definition) is 4. The molecule has 0 amide bonds. The third kappa shape index (κ3) is 5.66. The van der Waals surface area contributed by atoms with Gasteiger partial charge >= 0.3 is 0 Å². The van der Waals surface area contributed by atoms with Gasteiger partial charge in [0.2, 0.25) is 0 Å². The monoisotopic (exact) mass is 626 g/mol. The van der Waals surface area contributed by atoms with Gasteiger partial charge in [0.05, 0.1) is 5.69 Å². The Morgan fingerprint density at radius 1 is 0.438 bits per heavy atom. The zero-order chi connectivity index (χ0) is 33.5. The number of aromatic nitrogens is 4. The molecule has 48 heavy (non-hydrogen) atoms. The van der Waals surface area contributed by atoms with E-state index in [1.807, 2.05) is 30.5 Å². The third-order valence-electron chi connectivity index (χ3n) is 10.3. The Bertz CT molecular complexity index is 2130. The molecule has 7 aromatic rings. The van der Waals surface area contributed by atoms with Gasteiger partial charge in [-0.25, -0.2) is 15.0 Å². The molecule has 4 nitrogen and oxygen atoms in total. The largest absolute Gasteiger partial charge is 0.255 e. The third-order valence-corrected chi connectivity index (χ3v) is 10.3. The molecule has 2 heterocycles. The molecule has 4 heteroatoms. The molecule has 0 radical (unpaired) electrons. The summed E-state index contributed by atoms with van der Waals surface area (Å²) in [6, 6.07) is 40.5. The Morgan fingerprint density at radius 3 is 1.35 bits per heavy atom. The van der Waals surface area contributed by atoms with Gasteiger partial charge in [0.15, 0.2) is 17.5 Å². The minimum absolute atomic E-state index is 0.0344. The van der Waals surface area contributed by atoms with Crippen molar-refractivity contribution >= 4 is 21.5 Å². The lowest BCUT2D eigenvalue weighted by Gasteiger charge is -2.26. The van der Waals surface area contributed by atoms with Gasteiger partial charge in [0.25, 0.3) is 0 Å². The lowest BCUT2D eigenvalue weighted by molar-refractivity contribution is 0.510. The molecular weight excluding hydrogens is 585 g/mol. The van der Waals surface area contributed by atoms with Crippen LogP contribution in [0.25, 0.3) is 67.0 Å². The van der Waals surface area contributed by atoms with Gasteiger partial charge in [-0.1, -0.05) is 145 Å². The number of benzene rings is 5. The molecule has 5 aromatic carbocycles. The summed E-state index contributed by atoms with van der Waals surface area (Å²) in [4.78, 5) is 20.4. The fraction of sp³-hybridized carbons (Fsp3) is 0.227. The van der Waals surface area contributed by atoms with Crippen molar-refractivity contribution in [3.8, 4) is 45.4 Å². The van der Waals surface area contributed by atoms with Crippen molar-refractivity contribution in [1.82, 2.24) is 19.9 Å². The SMILES string of the molecule is CCC(C)(C)c1ccc(-c2nc(-c3ccc(-c4ccccc4)nc3)nc(-c3ccc(C(C)(C)CC)c4ccccc34)n2)c2ccccc12. The van der Waals surface area contributed by atoms with Crippen LogP contribution in [0, 0.1) is 0 Å². The van der Waals surface area contributed by atoms with Crippen molar-refractivity contribution < 1.29 is 0 Å². The number of rotatable bonds is 8. The van der Waals surface area contributed by atoms with Crippen LogP contribution < -0.4 is 0 Å². The van der Waals surface area contributed by atoms with Crippen molar-refractivity contribution in [2.45, 2.75) is 65.2 Å². The predicted octanol–water partition coefficient (Wildman–Crippen LogP) is 11.6. The molecule has 0 saturated heterocycles. The first-order chi connectivity index (χ1) is 23.2. The molecule has 0 bridgehead atoms. The lowest BCUT2D eigenvalue weighted by atomic mass is 9.79. The average molecular weight is 627 g/mol. The molecule has 0 aliphatic rings. The topological polar surface area (TPSA) is 51.6 Å². The van der Waals surface area contributed by atoms with Crippen LogP contribution in [0.15, 0.2) is 121 Å². The molecule has 0 aliphatic heterocycles. The first-order valence-electron chi connectivity index (χ1n) is 17.0. The van der Waals surface area contributed by atoms with Gasteiger partial charge in [-0.15, -0.1) is 0 Å². The van der Waals surface area contributed by atoms with Crippen LogP contribution in [0.1, 0.15) is 65.5 Å². The van der Waals surface area contributed by atoms with Gasteiger partial charge in [-0.3, -0.25) is 4.98 Å². The summed E-state index contributed by atoms with van der Waals surface area (Å²) in [6.07, 6.45) is 3.96. The van der Waals surface area contributed by atoms with Crippen molar-refractivity contribution in [2.75, 3.05) is 0 Å². The van der Waals surface area contributed by atoms with Crippen molar-refractivity contribution in [2.24, 2.45) is 0 Å². The molecule has 0 N–H and O–H groups in total. The number of nitrogens with zero attached hydrogens (tertiary/aromatic N) is 4. The molecule has 0 atom stereocenters. The summed E-state index contributed by atoms with van der Waals surface area (Å²) >= 11 is 0. The van der Waals surface area contributed by atoms with E-state index in [0.717, 1.165) is 51.6 Å². The predicted molar refractivity (Wildman–Crippen MR) is 201 cm³/mol. The standard InChI is InChI=1S/C44H42N4/c1-7-43(3,4)37-25-23-35(31-18-12-14-20-33(31)37)41-46-40(30-22-27-39(45-28-30)29-16-10-9-11-17-29)47-42(48-41)36-24-26-38(44(5,6)8-2)34-21-15-13-19-32(34)36/h9-28H,7-8H2,1-6H3. The highest BCUT2D eigenvalue weighted by Gasteiger charge is 2.25. The van der Waals surface area contributed by atoms with Gasteiger partial charge in [0.1, 0.15) is 0 Å². The second-order valence-electron chi connectivity index (χ2n) is 14.0. The maximum absolute atomic E-state index is 5.25. The minimum Gasteiger partial charge on any atom is -0.255 e. The van der Waals surface area contributed by atoms with Crippen LogP contribution in [-0.2, 0) is 10.8 Å². The quantitative estimate of drug-likeness (QED) is 0.168. The molecule has 0 fully saturated rings. The van der Waals surface area contributed by atoms with E-state index >= 15 is 0 Å². The van der Waals surface area contributed by atoms with Crippen LogP contribution in [0.5, 0.6) is 0 Å². The zero-order valence-electron chi connectivity index (χ0n) is 28.8. The van der Waals surface area contributed by atoms with E-state index in [2.05, 4.69) is 133 Å². The Kier molecular flexibility index (Phi) is 8.12. The molecule has 7 rings (SSSR count). The average Bonchev–Trinajstić information content (AvgIpc) is 3.14. The van der Waals surface area contributed by atoms with Crippen molar-refractivity contribution in [1.29, 1.82) is 0 Å². The summed E-state index contributed by atoms with van der Waals surface area (Å²) in [5, 5.41) is 4.75. The Balaban J connectivity index is 1.47. The summed E-state index contributed by atoms with van der Waals surface area (Å²) in [6.45, 7) is 13.8. The molecule has 238 valence electrons. The van der Waals surface area contributed by atoms with Gasteiger partial charge in [0, 0.05) is 28.5 Å². The van der Waals surface area contributed by atoms with E-state index in [0.29, 0.717) is 17.5 Å². The first-order valence-corrected chi connectivity index (χ1v) is 17.0. The fourth-order valence-electron chi connectivity index (χ4n) is 6.60. The summed E-state index contributed by atoms with van der Waals surface area (Å²) < 4.78 is 0. The summed E-state index contributed by atoms with van der Waals surface area (Å²) in [7, 11) is 0. The Hall–Kier alpha value is -5.22. The lowest BCUT2D eigenvalue weighted by Crippen LogP contribution is -2.16. The van der Waals surface area contributed by atoms with Crippen LogP contribution >= 0.6 is 0 Å². The van der Waals surface area contributed by atoms with E-state index in [4.69, 9.17) is 19.9 Å². The Morgan fingerprint density at radius 2 is 0.896 bits per heavy atom. The van der Waals surface area contributed by atoms with E-state index in [9.17, 15) is 0 Å². The Labute approximate surface area is 284 Å². The van der Waals surface area contributed by atoms with Gasteiger partial charge < -0.3 is 0 Å². The van der Waals surface area contributed by atoms with E-state index in [1.165, 1.54) is 21.9 Å². The molecule has 2 aromatic heterocycles. The molecule has 0 spiro atoms. The van der Waals surface area contributed by atoms with Crippen LogP contribution in [0.4, 0.5) is 0 Å². The maximum Gasteiger partial charge on any atom is 0.165 e. The zero-order valence-corrected chi connectivity index (χ0v) is 28.8. The molecular formula is C44H42N4. The first kappa shape index (κ1) is 31.4. The van der Waals surface area contributed by atoms with Crippen LogP contribution in [0.2, 0.25) is 0 Å². The van der Waals surface area contributed by atoms with E-state index in [1.54, 1.807) is 0 Å². The van der Waals surface area contributed by atoms with Gasteiger partial charge in [-0.2, -0.15) is 0 Å². The highest BCUT2D eigenvalue weighted by Crippen LogP contribution is 2.40. The normalized spacial score (nSPS) is 12.1. The highest BCUT2D eigenvalue weighted by atomic mass is 15.0. The second kappa shape index (κ2) is 12.4. The summed E-state index contributed by atoms with van der Waals surface area (Å²) in [5.74, 6) is 1.91. The maximum atomic E-state index is 5.25. The number of hydrogen-bond donors (Lipinski definition) is 0. The molecule has 0 saturated carbocycles. The smallest absolute Gasteiger partial charge is 0.165 e. The van der Waals surface area contributed by atoms with E-state index < -0.39 is 0 Å².